The first-order valence-electron chi connectivity index (χ1n) is 16.9. The first-order valence-corrected chi connectivity index (χ1v) is 16.9. The number of nitrogens with zero attached hydrogens (tertiary/aromatic N) is 1. The van der Waals surface area contributed by atoms with E-state index in [2.05, 4.69) is 193 Å². The van der Waals surface area contributed by atoms with Gasteiger partial charge in [0.05, 0.1) is 0 Å². The van der Waals surface area contributed by atoms with Crippen LogP contribution >= 0.6 is 0 Å². The zero-order valence-electron chi connectivity index (χ0n) is 26.8. The Morgan fingerprint density at radius 3 is 1.12 bits per heavy atom. The lowest BCUT2D eigenvalue weighted by molar-refractivity contribution is 1.28. The minimum atomic E-state index is 1.13. The third kappa shape index (κ3) is 4.33. The first kappa shape index (κ1) is 27.7. The molecule has 0 unspecified atom stereocenters. The van der Waals surface area contributed by atoms with E-state index >= 15 is 0 Å². The van der Waals surface area contributed by atoms with Crippen LogP contribution in [0, 0.1) is 0 Å². The van der Waals surface area contributed by atoms with E-state index in [0.717, 1.165) is 17.1 Å². The standard InChI is InChI=1S/C48H31N/c1-3-15-34(16-4-1)49(35-17-5-2-6-18-35)36-19-11-14-32(30-36)33-28-29-41-44-26-12-24-42-39-22-9-7-20-37(39)38-21-8-10-23-40(38)43-25-13-27-45(46(41)31-33)48(43)47(42)44/h1-31H. The second kappa shape index (κ2) is 11.1. The molecule has 0 N–H and O–H groups in total. The maximum absolute atomic E-state index is 2.41. The van der Waals surface area contributed by atoms with Crippen molar-refractivity contribution in [2.75, 3.05) is 4.90 Å². The molecule has 0 aromatic heterocycles. The molecule has 1 nitrogen and oxygen atoms in total. The topological polar surface area (TPSA) is 3.24 Å². The number of para-hydroxylation sites is 2. The summed E-state index contributed by atoms with van der Waals surface area (Å²) < 4.78 is 0. The van der Waals surface area contributed by atoms with E-state index < -0.39 is 0 Å². The zero-order chi connectivity index (χ0) is 32.3. The third-order valence-corrected chi connectivity index (χ3v) is 10.2. The van der Waals surface area contributed by atoms with Crippen LogP contribution in [0.5, 0.6) is 0 Å². The molecule has 10 aromatic carbocycles. The van der Waals surface area contributed by atoms with Crippen LogP contribution in [-0.2, 0) is 0 Å². The van der Waals surface area contributed by atoms with Gasteiger partial charge in [-0.1, -0.05) is 146 Å². The smallest absolute Gasteiger partial charge is 0.0467 e. The van der Waals surface area contributed by atoms with E-state index in [1.165, 1.54) is 75.8 Å². The van der Waals surface area contributed by atoms with Crippen molar-refractivity contribution in [3.8, 4) is 11.1 Å². The van der Waals surface area contributed by atoms with Gasteiger partial charge in [0.2, 0.25) is 0 Å². The van der Waals surface area contributed by atoms with Gasteiger partial charge in [-0.25, -0.2) is 0 Å². The van der Waals surface area contributed by atoms with E-state index in [0.29, 0.717) is 0 Å². The van der Waals surface area contributed by atoms with Crippen LogP contribution in [0.3, 0.4) is 0 Å². The fraction of sp³-hybridized carbons (Fsp3) is 0. The fourth-order valence-electron chi connectivity index (χ4n) is 8.05. The summed E-state index contributed by atoms with van der Waals surface area (Å²) in [5.74, 6) is 0. The summed E-state index contributed by atoms with van der Waals surface area (Å²) in [7, 11) is 0. The molecule has 0 saturated heterocycles. The summed E-state index contributed by atoms with van der Waals surface area (Å²) in [6.45, 7) is 0. The van der Waals surface area contributed by atoms with E-state index in [4.69, 9.17) is 0 Å². The molecule has 0 aliphatic heterocycles. The Labute approximate surface area is 284 Å². The Hall–Kier alpha value is -6.44. The highest BCUT2D eigenvalue weighted by Gasteiger charge is 2.17. The van der Waals surface area contributed by atoms with Crippen molar-refractivity contribution in [1.29, 1.82) is 0 Å². The van der Waals surface area contributed by atoms with Gasteiger partial charge in [-0.2, -0.15) is 0 Å². The zero-order valence-corrected chi connectivity index (χ0v) is 26.8. The van der Waals surface area contributed by atoms with Crippen LogP contribution in [0.2, 0.25) is 0 Å². The van der Waals surface area contributed by atoms with Crippen LogP contribution in [0.15, 0.2) is 188 Å². The van der Waals surface area contributed by atoms with E-state index in [9.17, 15) is 0 Å². The molecule has 0 heterocycles. The van der Waals surface area contributed by atoms with Crippen molar-refractivity contribution < 1.29 is 0 Å². The SMILES string of the molecule is c1ccc(N(c2ccccc2)c2cccc(-c3ccc4c(c3)c3cccc5c6ccccc6c6ccccc6c6cccc4c6c53)c2)cc1. The summed E-state index contributed by atoms with van der Waals surface area (Å²) in [6.07, 6.45) is 0. The first-order chi connectivity index (χ1) is 24.3. The highest BCUT2D eigenvalue weighted by molar-refractivity contribution is 6.39. The van der Waals surface area contributed by atoms with Crippen LogP contribution < -0.4 is 4.90 Å². The molecule has 10 aromatic rings. The maximum atomic E-state index is 2.41. The molecule has 228 valence electrons. The van der Waals surface area contributed by atoms with E-state index in [-0.39, 0.29) is 0 Å². The summed E-state index contributed by atoms with van der Waals surface area (Å²) in [6, 6.07) is 68.7. The largest absolute Gasteiger partial charge is 0.310 e. The van der Waals surface area contributed by atoms with Crippen molar-refractivity contribution in [2.45, 2.75) is 0 Å². The number of fused-ring (bicyclic) bond motifs is 8. The minimum Gasteiger partial charge on any atom is -0.310 e. The van der Waals surface area contributed by atoms with Crippen LogP contribution in [0.4, 0.5) is 17.1 Å². The number of benzene rings is 9. The molecule has 0 spiro atoms. The van der Waals surface area contributed by atoms with Gasteiger partial charge < -0.3 is 4.90 Å². The van der Waals surface area contributed by atoms with Gasteiger partial charge in [-0.3, -0.25) is 0 Å². The number of anilines is 3. The molecule has 1 heteroatoms. The Morgan fingerprint density at radius 2 is 0.592 bits per heavy atom. The Morgan fingerprint density at radius 1 is 0.224 bits per heavy atom. The molecule has 0 aliphatic carbocycles. The van der Waals surface area contributed by atoms with Crippen molar-refractivity contribution in [3.63, 3.8) is 0 Å². The highest BCUT2D eigenvalue weighted by atomic mass is 15.1. The van der Waals surface area contributed by atoms with Gasteiger partial charge in [0, 0.05) is 17.1 Å². The highest BCUT2D eigenvalue weighted by Crippen LogP contribution is 2.45. The third-order valence-electron chi connectivity index (χ3n) is 10.2. The van der Waals surface area contributed by atoms with Crippen LogP contribution in [-0.4, -0.2) is 0 Å². The molecule has 10 rings (SSSR count). The van der Waals surface area contributed by atoms with Gasteiger partial charge in [-0.05, 0) is 118 Å². The fourth-order valence-corrected chi connectivity index (χ4v) is 8.05. The Bertz CT molecular complexity index is 2830. The molecule has 0 bridgehead atoms. The average Bonchev–Trinajstić information content (AvgIpc) is 3.18. The minimum absolute atomic E-state index is 1.13. The predicted molar refractivity (Wildman–Crippen MR) is 212 cm³/mol. The number of hydrogen-bond donors (Lipinski definition) is 0. The molecule has 0 aliphatic rings. The van der Waals surface area contributed by atoms with Crippen molar-refractivity contribution >= 4 is 81.7 Å². The monoisotopic (exact) mass is 621 g/mol. The maximum Gasteiger partial charge on any atom is 0.0467 e. The normalized spacial score (nSPS) is 11.7. The molecular weight excluding hydrogens is 591 g/mol. The van der Waals surface area contributed by atoms with Crippen molar-refractivity contribution in [1.82, 2.24) is 0 Å². The van der Waals surface area contributed by atoms with Crippen molar-refractivity contribution in [2.24, 2.45) is 0 Å². The lowest BCUT2D eigenvalue weighted by Gasteiger charge is -2.26. The lowest BCUT2D eigenvalue weighted by Crippen LogP contribution is -2.09. The summed E-state index contributed by atoms with van der Waals surface area (Å²) in [5.41, 5.74) is 5.79. The predicted octanol–water partition coefficient (Wildman–Crippen LogP) is 13.7. The molecule has 0 atom stereocenters. The van der Waals surface area contributed by atoms with Gasteiger partial charge >= 0.3 is 0 Å². The average molecular weight is 622 g/mol. The lowest BCUT2D eigenvalue weighted by atomic mass is 9.86. The molecule has 0 radical (unpaired) electrons. The Kier molecular flexibility index (Phi) is 6.25. The Balaban J connectivity index is 1.27. The molecule has 0 saturated carbocycles. The van der Waals surface area contributed by atoms with Gasteiger partial charge in [0.25, 0.3) is 0 Å². The molecule has 0 fully saturated rings. The second-order valence-corrected chi connectivity index (χ2v) is 12.9. The van der Waals surface area contributed by atoms with E-state index in [1.54, 1.807) is 0 Å². The second-order valence-electron chi connectivity index (χ2n) is 12.9. The summed E-state index contributed by atoms with van der Waals surface area (Å²) in [4.78, 5) is 2.33. The summed E-state index contributed by atoms with van der Waals surface area (Å²) in [5, 5.41) is 15.5. The van der Waals surface area contributed by atoms with E-state index in [1.807, 2.05) is 0 Å². The number of rotatable bonds is 4. The van der Waals surface area contributed by atoms with Gasteiger partial charge in [0.15, 0.2) is 0 Å². The molecular formula is C48H31N. The van der Waals surface area contributed by atoms with Gasteiger partial charge in [-0.15, -0.1) is 0 Å². The quantitative estimate of drug-likeness (QED) is 0.177. The number of hydrogen-bond acceptors (Lipinski definition) is 1. The summed E-state index contributed by atoms with van der Waals surface area (Å²) >= 11 is 0. The van der Waals surface area contributed by atoms with Gasteiger partial charge in [0.1, 0.15) is 0 Å². The molecule has 49 heavy (non-hydrogen) atoms. The molecule has 0 amide bonds. The van der Waals surface area contributed by atoms with Crippen LogP contribution in [0.1, 0.15) is 0 Å². The van der Waals surface area contributed by atoms with Crippen molar-refractivity contribution in [3.05, 3.63) is 188 Å². The van der Waals surface area contributed by atoms with Crippen LogP contribution in [0.25, 0.3) is 75.8 Å².